The van der Waals surface area contributed by atoms with E-state index in [2.05, 4.69) is 5.32 Å². The standard InChI is InChI=1S/C23H25FN4O5/c1-13(29)25-8-16-9-28(23(31)33-16)15-3-4-20(19(24)7-15)27-10-17-18(11-27)21(17)26(2)22(30)14-5-6-32-12-14/h3-7,12,16-18,21H,8-11H2,1-2H3,(H,25,29)/t16-,17?,18?,21?/m0/s1. The van der Waals surface area contributed by atoms with Gasteiger partial charge in [-0.1, -0.05) is 0 Å². The summed E-state index contributed by atoms with van der Waals surface area (Å²) in [5.74, 6) is -0.0882. The Bertz CT molecular complexity index is 1080. The van der Waals surface area contributed by atoms with Gasteiger partial charge in [-0.2, -0.15) is 0 Å². The van der Waals surface area contributed by atoms with Crippen molar-refractivity contribution >= 4 is 29.3 Å². The van der Waals surface area contributed by atoms with Crippen molar-refractivity contribution < 1.29 is 27.9 Å². The Kier molecular flexibility index (Phi) is 5.22. The molecule has 0 bridgehead atoms. The van der Waals surface area contributed by atoms with Crippen molar-refractivity contribution in [2.45, 2.75) is 19.1 Å². The quantitative estimate of drug-likeness (QED) is 0.715. The number of hydrogen-bond acceptors (Lipinski definition) is 6. The second kappa shape index (κ2) is 8.09. The van der Waals surface area contributed by atoms with E-state index in [1.54, 1.807) is 30.1 Å². The molecule has 2 aromatic rings. The van der Waals surface area contributed by atoms with E-state index in [-0.39, 0.29) is 30.9 Å². The monoisotopic (exact) mass is 456 g/mol. The Labute approximate surface area is 190 Å². The Hall–Kier alpha value is -3.56. The fourth-order valence-corrected chi connectivity index (χ4v) is 5.01. The fourth-order valence-electron chi connectivity index (χ4n) is 5.01. The molecule has 3 atom stereocenters. The minimum atomic E-state index is -0.562. The van der Waals surface area contributed by atoms with Gasteiger partial charge in [0.05, 0.1) is 36.3 Å². The Morgan fingerprint density at radius 1 is 1.21 bits per heavy atom. The number of carbonyl (C=O) groups excluding carboxylic acids is 3. The van der Waals surface area contributed by atoms with Gasteiger partial charge in [-0.15, -0.1) is 0 Å². The number of furan rings is 1. The number of ether oxygens (including phenoxy) is 1. The molecule has 1 aromatic carbocycles. The summed E-state index contributed by atoms with van der Waals surface area (Å²) in [7, 11) is 1.80. The third-order valence-electron chi connectivity index (χ3n) is 6.72. The van der Waals surface area contributed by atoms with Crippen molar-refractivity contribution in [2.24, 2.45) is 11.8 Å². The highest BCUT2D eigenvalue weighted by molar-refractivity contribution is 5.94. The Morgan fingerprint density at radius 3 is 2.61 bits per heavy atom. The van der Waals surface area contributed by atoms with Crippen LogP contribution in [0.3, 0.4) is 0 Å². The van der Waals surface area contributed by atoms with E-state index < -0.39 is 18.0 Å². The lowest BCUT2D eigenvalue weighted by atomic mass is 10.2. The van der Waals surface area contributed by atoms with Crippen LogP contribution >= 0.6 is 0 Å². The highest BCUT2D eigenvalue weighted by atomic mass is 19.1. The lowest BCUT2D eigenvalue weighted by Gasteiger charge is -2.26. The molecule has 1 N–H and O–H groups in total. The molecule has 0 spiro atoms. The first-order chi connectivity index (χ1) is 15.8. The number of carbonyl (C=O) groups is 3. The molecule has 9 nitrogen and oxygen atoms in total. The maximum atomic E-state index is 15.0. The van der Waals surface area contributed by atoms with Gasteiger partial charge in [0, 0.05) is 44.9 Å². The predicted molar refractivity (Wildman–Crippen MR) is 116 cm³/mol. The number of fused-ring (bicyclic) bond motifs is 1. The maximum absolute atomic E-state index is 15.0. The van der Waals surface area contributed by atoms with Gasteiger partial charge >= 0.3 is 6.09 Å². The van der Waals surface area contributed by atoms with Crippen LogP contribution in [0, 0.1) is 17.7 Å². The van der Waals surface area contributed by atoms with Crippen LogP contribution in [-0.2, 0) is 9.53 Å². The van der Waals surface area contributed by atoms with Gasteiger partial charge in [0.15, 0.2) is 0 Å². The maximum Gasteiger partial charge on any atom is 0.414 e. The molecule has 3 amide bonds. The summed E-state index contributed by atoms with van der Waals surface area (Å²) in [5, 5.41) is 2.62. The molecule has 2 aliphatic heterocycles. The molecular formula is C23H25FN4O5. The van der Waals surface area contributed by atoms with Gasteiger partial charge < -0.3 is 24.3 Å². The van der Waals surface area contributed by atoms with E-state index in [0.717, 1.165) is 0 Å². The number of benzene rings is 1. The number of hydrogen-bond donors (Lipinski definition) is 1. The van der Waals surface area contributed by atoms with Crippen LogP contribution in [0.25, 0.3) is 0 Å². The first-order valence-electron chi connectivity index (χ1n) is 10.9. The highest BCUT2D eigenvalue weighted by Crippen LogP contribution is 2.50. The molecule has 33 heavy (non-hydrogen) atoms. The van der Waals surface area contributed by atoms with Crippen molar-refractivity contribution in [3.63, 3.8) is 0 Å². The second-order valence-electron chi connectivity index (χ2n) is 8.84. The van der Waals surface area contributed by atoms with Gasteiger partial charge in [0.2, 0.25) is 5.91 Å². The zero-order valence-corrected chi connectivity index (χ0v) is 18.4. The number of piperidine rings is 1. The van der Waals surface area contributed by atoms with E-state index in [1.165, 1.54) is 30.4 Å². The predicted octanol–water partition coefficient (Wildman–Crippen LogP) is 2.09. The molecule has 1 aliphatic carbocycles. The highest BCUT2D eigenvalue weighted by Gasteiger charge is 2.59. The second-order valence-corrected chi connectivity index (χ2v) is 8.84. The van der Waals surface area contributed by atoms with Crippen LogP contribution in [0.1, 0.15) is 17.3 Å². The van der Waals surface area contributed by atoms with Crippen molar-refractivity contribution in [1.82, 2.24) is 10.2 Å². The normalized spacial score (nSPS) is 25.6. The summed E-state index contributed by atoms with van der Waals surface area (Å²) in [6.07, 6.45) is 1.88. The van der Waals surface area contributed by atoms with Gasteiger partial charge in [0.1, 0.15) is 18.2 Å². The average Bonchev–Trinajstić information content (AvgIpc) is 3.26. The number of rotatable bonds is 6. The lowest BCUT2D eigenvalue weighted by molar-refractivity contribution is -0.119. The zero-order chi connectivity index (χ0) is 23.3. The van der Waals surface area contributed by atoms with Gasteiger partial charge in [-0.3, -0.25) is 14.5 Å². The van der Waals surface area contributed by atoms with Gasteiger partial charge in [-0.25, -0.2) is 9.18 Å². The van der Waals surface area contributed by atoms with Crippen LogP contribution in [0.2, 0.25) is 0 Å². The number of amides is 3. The summed E-state index contributed by atoms with van der Waals surface area (Å²) >= 11 is 0. The van der Waals surface area contributed by atoms with Crippen molar-refractivity contribution in [3.05, 3.63) is 48.2 Å². The van der Waals surface area contributed by atoms with Gasteiger partial charge in [-0.05, 0) is 24.3 Å². The van der Waals surface area contributed by atoms with Crippen LogP contribution in [0.5, 0.6) is 0 Å². The van der Waals surface area contributed by atoms with E-state index in [0.29, 0.717) is 41.9 Å². The third-order valence-corrected chi connectivity index (χ3v) is 6.72. The topological polar surface area (TPSA) is 95.3 Å². The summed E-state index contributed by atoms with van der Waals surface area (Å²) in [4.78, 5) is 40.9. The summed E-state index contributed by atoms with van der Waals surface area (Å²) in [5.41, 5.74) is 1.43. The number of nitrogens with zero attached hydrogens (tertiary/aromatic N) is 3. The molecule has 5 rings (SSSR count). The molecule has 3 aliphatic rings. The molecule has 3 heterocycles. The summed E-state index contributed by atoms with van der Waals surface area (Å²) < 4.78 is 25.2. The first-order valence-corrected chi connectivity index (χ1v) is 10.9. The Morgan fingerprint density at radius 2 is 1.97 bits per heavy atom. The zero-order valence-electron chi connectivity index (χ0n) is 18.4. The fraction of sp³-hybridized carbons (Fsp3) is 0.435. The summed E-state index contributed by atoms with van der Waals surface area (Å²) in [6.45, 7) is 3.18. The molecule has 0 radical (unpaired) electrons. The number of nitrogens with one attached hydrogen (secondary N) is 1. The van der Waals surface area contributed by atoms with Gasteiger partial charge in [0.25, 0.3) is 5.91 Å². The molecule has 2 saturated heterocycles. The van der Waals surface area contributed by atoms with Crippen molar-refractivity contribution in [2.75, 3.05) is 43.0 Å². The number of anilines is 2. The molecule has 3 fully saturated rings. The first kappa shape index (κ1) is 21.3. The van der Waals surface area contributed by atoms with Crippen LogP contribution < -0.4 is 15.1 Å². The molecule has 1 aromatic heterocycles. The molecule has 1 saturated carbocycles. The third kappa shape index (κ3) is 3.90. The molecule has 174 valence electrons. The van der Waals surface area contributed by atoms with Crippen LogP contribution in [-0.4, -0.2) is 68.2 Å². The number of cyclic esters (lactones) is 1. The largest absolute Gasteiger partial charge is 0.472 e. The van der Waals surface area contributed by atoms with Crippen molar-refractivity contribution in [1.29, 1.82) is 0 Å². The molecule has 2 unspecified atom stereocenters. The average molecular weight is 456 g/mol. The minimum Gasteiger partial charge on any atom is -0.472 e. The summed E-state index contributed by atoms with van der Waals surface area (Å²) in [6, 6.07) is 6.52. The molecule has 10 heteroatoms. The van der Waals surface area contributed by atoms with Crippen LogP contribution in [0.15, 0.2) is 41.2 Å². The molecular weight excluding hydrogens is 431 g/mol. The van der Waals surface area contributed by atoms with E-state index >= 15 is 0 Å². The smallest absolute Gasteiger partial charge is 0.414 e. The van der Waals surface area contributed by atoms with Crippen LogP contribution in [0.4, 0.5) is 20.6 Å². The van der Waals surface area contributed by atoms with E-state index in [9.17, 15) is 18.8 Å². The van der Waals surface area contributed by atoms with E-state index in [1.807, 2.05) is 4.90 Å². The minimum absolute atomic E-state index is 0.0699. The SMILES string of the molecule is CC(=O)NC[C@H]1CN(c2ccc(N3CC4C(C3)C4N(C)C(=O)c3ccoc3)c(F)c2)C(=O)O1. The van der Waals surface area contributed by atoms with Crippen molar-refractivity contribution in [3.8, 4) is 0 Å². The Balaban J connectivity index is 1.20. The number of halogens is 1. The lowest BCUT2D eigenvalue weighted by Crippen LogP contribution is -2.36. The van der Waals surface area contributed by atoms with E-state index in [4.69, 9.17) is 9.15 Å².